The van der Waals surface area contributed by atoms with Gasteiger partial charge in [0.05, 0.1) is 21.0 Å². The summed E-state index contributed by atoms with van der Waals surface area (Å²) in [5.74, 6) is -0.0627. The third-order valence-corrected chi connectivity index (χ3v) is 5.51. The van der Waals surface area contributed by atoms with E-state index in [9.17, 15) is 33.7 Å². The first-order valence-corrected chi connectivity index (χ1v) is 10.5. The monoisotopic (exact) mass is 509 g/mol. The van der Waals surface area contributed by atoms with Crippen LogP contribution >= 0.6 is 15.6 Å². The number of phosphoric ester groups is 1. The van der Waals surface area contributed by atoms with Crippen molar-refractivity contribution in [3.8, 4) is 0 Å². The fourth-order valence-electron chi connectivity index (χ4n) is 2.37. The smallest absolute Gasteiger partial charge is 0.790 e. The number of nitrogens with zero attached hydrogens (tertiary/aromatic N) is 2. The Morgan fingerprint density at radius 2 is 1.94 bits per heavy atom. The van der Waals surface area contributed by atoms with Crippen LogP contribution in [0.5, 0.6) is 0 Å². The second kappa shape index (κ2) is 14.8. The minimum Gasteiger partial charge on any atom is -0.790 e. The summed E-state index contributed by atoms with van der Waals surface area (Å²) in [6.07, 6.45) is -2.75. The molecule has 3 N–H and O–H groups in total. The van der Waals surface area contributed by atoms with Crippen LogP contribution in [0, 0.1) is 0 Å². The zero-order valence-electron chi connectivity index (χ0n) is 17.1. The van der Waals surface area contributed by atoms with Gasteiger partial charge in [-0.05, 0) is 6.07 Å². The molecular weight excluding hydrogens is 493 g/mol. The van der Waals surface area contributed by atoms with E-state index in [1.807, 2.05) is 0 Å². The third kappa shape index (κ3) is 10.8. The fourth-order valence-corrected chi connectivity index (χ4v) is 3.87. The Labute approximate surface area is 243 Å². The third-order valence-electron chi connectivity index (χ3n) is 3.44. The maximum Gasteiger partial charge on any atom is 1.00 e. The quantitative estimate of drug-likeness (QED) is 0.180. The summed E-state index contributed by atoms with van der Waals surface area (Å²) in [4.78, 5) is 47.7. The van der Waals surface area contributed by atoms with Crippen molar-refractivity contribution in [2.75, 3.05) is 18.9 Å². The predicted octanol–water partition coefficient (Wildman–Crippen LogP) is -12.0. The van der Waals surface area contributed by atoms with E-state index in [0.29, 0.717) is 0 Å². The number of hydrogen-bond donors (Lipinski definition) is 2. The van der Waals surface area contributed by atoms with Gasteiger partial charge in [-0.15, -0.1) is 6.58 Å². The molecule has 2 rings (SSSR count). The topological polar surface area (TPSA) is 221 Å². The Hall–Kier alpha value is 1.56. The van der Waals surface area contributed by atoms with Gasteiger partial charge in [0.1, 0.15) is 24.1 Å². The molecule has 5 atom stereocenters. The van der Waals surface area contributed by atoms with E-state index in [2.05, 4.69) is 20.4 Å². The van der Waals surface area contributed by atoms with Crippen LogP contribution in [-0.2, 0) is 27.4 Å². The molecule has 2 heterocycles. The molecule has 0 spiro atoms. The number of phosphoric acid groups is 2. The van der Waals surface area contributed by atoms with Gasteiger partial charge in [-0.25, -0.2) is 4.79 Å². The first-order valence-electron chi connectivity index (χ1n) is 7.53. The number of aromatic nitrogens is 2. The van der Waals surface area contributed by atoms with Gasteiger partial charge in [-0.3, -0.25) is 13.4 Å². The Morgan fingerprint density at radius 3 is 2.45 bits per heavy atom. The number of aliphatic hydroxyl groups is 1. The van der Waals surface area contributed by atoms with Crippen LogP contribution in [0.15, 0.2) is 29.7 Å². The van der Waals surface area contributed by atoms with Gasteiger partial charge in [0.15, 0.2) is 6.23 Å². The van der Waals surface area contributed by atoms with Crippen LogP contribution in [-0.4, -0.2) is 46.2 Å². The van der Waals surface area contributed by atoms with Crippen LogP contribution in [0.3, 0.4) is 0 Å². The van der Waals surface area contributed by atoms with Crippen molar-refractivity contribution >= 4 is 21.5 Å². The number of nitrogens with two attached hydrogens (primary N) is 1. The number of hydrogen-bond acceptors (Lipinski definition) is 13. The van der Waals surface area contributed by atoms with Crippen molar-refractivity contribution in [3.05, 3.63) is 35.4 Å². The maximum atomic E-state index is 12.0. The molecule has 1 aromatic rings. The second-order valence-electron chi connectivity index (χ2n) is 5.46. The molecule has 1 saturated heterocycles. The summed E-state index contributed by atoms with van der Waals surface area (Å²) >= 11 is 0. The maximum absolute atomic E-state index is 12.0. The first kappa shape index (κ1) is 34.7. The predicted molar refractivity (Wildman–Crippen MR) is 85.0 cm³/mol. The first-order chi connectivity index (χ1) is 12.9. The minimum atomic E-state index is -5.87. The molecule has 0 saturated carbocycles. The van der Waals surface area contributed by atoms with Crippen LogP contribution in [0.2, 0.25) is 0 Å². The van der Waals surface area contributed by atoms with Crippen molar-refractivity contribution in [3.63, 3.8) is 0 Å². The zero-order valence-corrected chi connectivity index (χ0v) is 24.8. The Morgan fingerprint density at radius 1 is 1.32 bits per heavy atom. The number of nitrogen functional groups attached to an aromatic ring is 1. The van der Waals surface area contributed by atoms with Crippen LogP contribution in [0.25, 0.3) is 0 Å². The Kier molecular flexibility index (Phi) is 16.6. The summed E-state index contributed by atoms with van der Waals surface area (Å²) in [5, 5.41) is 10.3. The van der Waals surface area contributed by atoms with E-state index in [-0.39, 0.29) is 101 Å². The normalized spacial score (nSPS) is 24.8. The van der Waals surface area contributed by atoms with E-state index in [1.54, 1.807) is 0 Å². The van der Waals surface area contributed by atoms with Gasteiger partial charge >= 0.3 is 94.4 Å². The standard InChI is InChI=1S/C12H19N3O11P2.3Na/c1-2-5-23-10-9(16)7(6-24-28(21,22)26-27(18,19)20)25-11(10)15-4-3-8(13)14-12(15)17;;;/h2-4,7,9-11,16H,1,5-6H2,(H,21,22)(H2,13,14,17)(H2,18,19,20);;;/q;3*+1/p-3/t7-,9-,10+,11-;;;/m1.../s1. The largest absolute Gasteiger partial charge is 1.00 e. The molecule has 1 aliphatic heterocycles. The minimum absolute atomic E-state index is 0. The molecule has 158 valence electrons. The van der Waals surface area contributed by atoms with Crippen molar-refractivity contribution in [2.24, 2.45) is 0 Å². The van der Waals surface area contributed by atoms with Crippen LogP contribution < -0.4 is 115 Å². The van der Waals surface area contributed by atoms with Crippen molar-refractivity contribution in [2.45, 2.75) is 24.5 Å². The molecule has 19 heteroatoms. The van der Waals surface area contributed by atoms with Gasteiger partial charge < -0.3 is 44.1 Å². The molecule has 0 aliphatic carbocycles. The molecule has 0 bridgehead atoms. The molecule has 0 radical (unpaired) electrons. The van der Waals surface area contributed by atoms with Crippen molar-refractivity contribution in [1.29, 1.82) is 0 Å². The molecular formula is C12H16N3Na3O11P2. The molecule has 1 aromatic heterocycles. The average molecular weight is 509 g/mol. The number of rotatable bonds is 9. The van der Waals surface area contributed by atoms with E-state index >= 15 is 0 Å². The molecule has 0 aromatic carbocycles. The molecule has 31 heavy (non-hydrogen) atoms. The van der Waals surface area contributed by atoms with E-state index < -0.39 is 52.5 Å². The molecule has 1 aliphatic rings. The zero-order chi connectivity index (χ0) is 21.1. The van der Waals surface area contributed by atoms with Crippen LogP contribution in [0.1, 0.15) is 6.23 Å². The van der Waals surface area contributed by atoms with Crippen molar-refractivity contribution < 1.29 is 136 Å². The second-order valence-corrected chi connectivity index (χ2v) is 8.16. The summed E-state index contributed by atoms with van der Waals surface area (Å²) < 4.78 is 41.1. The number of aliphatic hydroxyl groups excluding tert-OH is 1. The van der Waals surface area contributed by atoms with Crippen molar-refractivity contribution in [1.82, 2.24) is 9.55 Å². The summed E-state index contributed by atoms with van der Waals surface area (Å²) in [6.45, 7) is 2.47. The summed E-state index contributed by atoms with van der Waals surface area (Å²) in [6, 6.07) is 1.28. The average Bonchev–Trinajstić information content (AvgIpc) is 2.85. The van der Waals surface area contributed by atoms with Gasteiger partial charge in [0.2, 0.25) is 0 Å². The SMILES string of the molecule is C=CCO[C@H]1[C@H](O)[C@@H](COP(=O)([O-])OP(=O)([O-])[O-])O[C@H]1n1ccc(N)nc1=O.[Na+].[Na+].[Na+]. The van der Waals surface area contributed by atoms with E-state index in [4.69, 9.17) is 15.2 Å². The van der Waals surface area contributed by atoms with Gasteiger partial charge in [0.25, 0.3) is 7.82 Å². The fraction of sp³-hybridized carbons (Fsp3) is 0.500. The Balaban J connectivity index is 0. The van der Waals surface area contributed by atoms with Crippen LogP contribution in [0.4, 0.5) is 5.82 Å². The van der Waals surface area contributed by atoms with Gasteiger partial charge in [0, 0.05) is 6.20 Å². The summed E-state index contributed by atoms with van der Waals surface area (Å²) in [5.41, 5.74) is 4.58. The number of anilines is 1. The summed E-state index contributed by atoms with van der Waals surface area (Å²) in [7, 11) is -11.4. The van der Waals surface area contributed by atoms with Gasteiger partial charge in [-0.2, -0.15) is 4.98 Å². The molecule has 1 unspecified atom stereocenters. The Bertz CT molecular complexity index is 870. The van der Waals surface area contributed by atoms with Gasteiger partial charge in [-0.1, -0.05) is 6.08 Å². The number of ether oxygens (including phenoxy) is 2. The molecule has 0 amide bonds. The molecule has 1 fully saturated rings. The van der Waals surface area contributed by atoms with E-state index in [1.165, 1.54) is 18.3 Å². The van der Waals surface area contributed by atoms with E-state index in [0.717, 1.165) is 4.57 Å². The molecule has 14 nitrogen and oxygen atoms in total.